The number of benzene rings is 1. The fourth-order valence-corrected chi connectivity index (χ4v) is 1.78. The molecule has 0 aliphatic rings. The van der Waals surface area contributed by atoms with Crippen molar-refractivity contribution in [3.8, 4) is 0 Å². The highest BCUT2D eigenvalue weighted by atomic mass is 16.6. The lowest BCUT2D eigenvalue weighted by Gasteiger charge is -2.27. The van der Waals surface area contributed by atoms with Crippen molar-refractivity contribution in [2.75, 3.05) is 13.2 Å². The molecule has 0 heterocycles. The summed E-state index contributed by atoms with van der Waals surface area (Å²) in [4.78, 5) is 13.9. The van der Waals surface area contributed by atoms with Gasteiger partial charge in [0.2, 0.25) is 0 Å². The topological polar surface area (TPSA) is 49.8 Å². The Morgan fingerprint density at radius 1 is 1.20 bits per heavy atom. The number of carbonyl (C=O) groups is 1. The second kappa shape index (κ2) is 7.90. The van der Waals surface area contributed by atoms with Gasteiger partial charge in [-0.3, -0.25) is 0 Å². The molecular formula is C16H25NO3. The van der Waals surface area contributed by atoms with Crippen molar-refractivity contribution in [2.24, 2.45) is 0 Å². The second-order valence-corrected chi connectivity index (χ2v) is 5.82. The molecule has 4 nitrogen and oxygen atoms in total. The van der Waals surface area contributed by atoms with Crippen LogP contribution in [0.1, 0.15) is 39.2 Å². The normalized spacial score (nSPS) is 11.2. The van der Waals surface area contributed by atoms with Gasteiger partial charge in [-0.25, -0.2) is 4.79 Å². The molecule has 4 heteroatoms. The highest BCUT2D eigenvalue weighted by Crippen LogP contribution is 2.13. The van der Waals surface area contributed by atoms with E-state index in [-0.39, 0.29) is 12.7 Å². The first-order valence-corrected chi connectivity index (χ1v) is 7.05. The summed E-state index contributed by atoms with van der Waals surface area (Å²) in [6.07, 6.45) is 1.15. The molecule has 0 saturated carbocycles. The average molecular weight is 279 g/mol. The molecule has 0 bridgehead atoms. The van der Waals surface area contributed by atoms with E-state index >= 15 is 0 Å². The van der Waals surface area contributed by atoms with Crippen LogP contribution in [0.2, 0.25) is 0 Å². The van der Waals surface area contributed by atoms with E-state index in [1.165, 1.54) is 0 Å². The number of unbranched alkanes of at least 4 members (excludes halogenated alkanes) is 1. The van der Waals surface area contributed by atoms with Gasteiger partial charge >= 0.3 is 6.09 Å². The van der Waals surface area contributed by atoms with Crippen molar-refractivity contribution < 1.29 is 14.6 Å². The first kappa shape index (κ1) is 16.5. The Labute approximate surface area is 121 Å². The Hall–Kier alpha value is -1.55. The minimum atomic E-state index is -0.497. The quantitative estimate of drug-likeness (QED) is 0.814. The van der Waals surface area contributed by atoms with Crippen LogP contribution in [-0.4, -0.2) is 34.9 Å². The summed E-state index contributed by atoms with van der Waals surface area (Å²) in [6, 6.07) is 9.84. The SMILES string of the molecule is CC(C)(C)OC(=O)N(CCCCO)Cc1ccccc1. The third-order valence-electron chi connectivity index (χ3n) is 2.70. The number of nitrogens with zero attached hydrogens (tertiary/aromatic N) is 1. The zero-order valence-electron chi connectivity index (χ0n) is 12.6. The van der Waals surface area contributed by atoms with Gasteiger partial charge in [0, 0.05) is 19.7 Å². The van der Waals surface area contributed by atoms with Crippen molar-refractivity contribution in [3.05, 3.63) is 35.9 Å². The summed E-state index contributed by atoms with van der Waals surface area (Å²) in [6.45, 7) is 6.84. The minimum absolute atomic E-state index is 0.146. The number of aliphatic hydroxyl groups is 1. The zero-order chi connectivity index (χ0) is 15.0. The summed E-state index contributed by atoms with van der Waals surface area (Å²) in [5.74, 6) is 0. The zero-order valence-corrected chi connectivity index (χ0v) is 12.6. The van der Waals surface area contributed by atoms with Crippen molar-refractivity contribution in [1.82, 2.24) is 4.90 Å². The van der Waals surface area contributed by atoms with E-state index < -0.39 is 5.60 Å². The van der Waals surface area contributed by atoms with E-state index in [9.17, 15) is 4.79 Å². The minimum Gasteiger partial charge on any atom is -0.444 e. The van der Waals surface area contributed by atoms with Crippen LogP contribution in [-0.2, 0) is 11.3 Å². The molecule has 1 aromatic rings. The molecule has 0 atom stereocenters. The number of carbonyl (C=O) groups excluding carboxylic acids is 1. The third kappa shape index (κ3) is 6.57. The number of amides is 1. The molecule has 0 saturated heterocycles. The smallest absolute Gasteiger partial charge is 0.410 e. The molecule has 0 spiro atoms. The number of rotatable bonds is 6. The summed E-state index contributed by atoms with van der Waals surface area (Å²) < 4.78 is 5.43. The van der Waals surface area contributed by atoms with Crippen LogP contribution < -0.4 is 0 Å². The fourth-order valence-electron chi connectivity index (χ4n) is 1.78. The molecule has 0 aliphatic carbocycles. The Morgan fingerprint density at radius 3 is 2.40 bits per heavy atom. The van der Waals surface area contributed by atoms with Gasteiger partial charge in [-0.05, 0) is 39.2 Å². The molecule has 0 unspecified atom stereocenters. The highest BCUT2D eigenvalue weighted by molar-refractivity contribution is 5.68. The number of hydrogen-bond acceptors (Lipinski definition) is 3. The monoisotopic (exact) mass is 279 g/mol. The largest absolute Gasteiger partial charge is 0.444 e. The standard InChI is InChI=1S/C16H25NO3/c1-16(2,3)20-15(19)17(11-7-8-12-18)13-14-9-5-4-6-10-14/h4-6,9-10,18H,7-8,11-13H2,1-3H3. The molecule has 0 fully saturated rings. The lowest BCUT2D eigenvalue weighted by Crippen LogP contribution is -2.37. The first-order chi connectivity index (χ1) is 9.42. The van der Waals surface area contributed by atoms with E-state index in [1.54, 1.807) is 4.90 Å². The van der Waals surface area contributed by atoms with E-state index in [0.717, 1.165) is 12.0 Å². The predicted octanol–water partition coefficient (Wildman–Crippen LogP) is 3.20. The Balaban J connectivity index is 2.66. The molecule has 0 radical (unpaired) electrons. The van der Waals surface area contributed by atoms with Gasteiger partial charge < -0.3 is 14.7 Å². The van der Waals surface area contributed by atoms with E-state index in [4.69, 9.17) is 9.84 Å². The second-order valence-electron chi connectivity index (χ2n) is 5.82. The Morgan fingerprint density at radius 2 is 1.85 bits per heavy atom. The molecule has 0 aromatic heterocycles. The first-order valence-electron chi connectivity index (χ1n) is 7.05. The summed E-state index contributed by atoms with van der Waals surface area (Å²) >= 11 is 0. The molecular weight excluding hydrogens is 254 g/mol. The van der Waals surface area contributed by atoms with Gasteiger partial charge in [-0.1, -0.05) is 30.3 Å². The van der Waals surface area contributed by atoms with Gasteiger partial charge in [0.05, 0.1) is 0 Å². The van der Waals surface area contributed by atoms with E-state index in [2.05, 4.69) is 0 Å². The maximum Gasteiger partial charge on any atom is 0.410 e. The fraction of sp³-hybridized carbons (Fsp3) is 0.562. The maximum atomic E-state index is 12.2. The van der Waals surface area contributed by atoms with Crippen LogP contribution in [0, 0.1) is 0 Å². The average Bonchev–Trinajstić information content (AvgIpc) is 2.37. The molecule has 1 rings (SSSR count). The van der Waals surface area contributed by atoms with E-state index in [0.29, 0.717) is 19.5 Å². The Bertz CT molecular complexity index is 398. The lowest BCUT2D eigenvalue weighted by molar-refractivity contribution is 0.0228. The van der Waals surface area contributed by atoms with Gasteiger partial charge in [-0.15, -0.1) is 0 Å². The summed E-state index contributed by atoms with van der Waals surface area (Å²) in [7, 11) is 0. The molecule has 1 aromatic carbocycles. The van der Waals surface area contributed by atoms with E-state index in [1.807, 2.05) is 51.1 Å². The molecule has 1 N–H and O–H groups in total. The summed E-state index contributed by atoms with van der Waals surface area (Å²) in [5.41, 5.74) is 0.575. The third-order valence-corrected chi connectivity index (χ3v) is 2.70. The lowest BCUT2D eigenvalue weighted by atomic mass is 10.2. The maximum absolute atomic E-state index is 12.2. The van der Waals surface area contributed by atoms with Crippen LogP contribution in [0.4, 0.5) is 4.79 Å². The number of hydrogen-bond donors (Lipinski definition) is 1. The Kier molecular flexibility index (Phi) is 6.52. The highest BCUT2D eigenvalue weighted by Gasteiger charge is 2.21. The van der Waals surface area contributed by atoms with Gasteiger partial charge in [0.15, 0.2) is 0 Å². The molecule has 1 amide bonds. The molecule has 0 aliphatic heterocycles. The predicted molar refractivity (Wildman–Crippen MR) is 79.4 cm³/mol. The van der Waals surface area contributed by atoms with Crippen LogP contribution in [0.3, 0.4) is 0 Å². The van der Waals surface area contributed by atoms with Gasteiger partial charge in [-0.2, -0.15) is 0 Å². The molecule has 112 valence electrons. The van der Waals surface area contributed by atoms with Gasteiger partial charge in [0.25, 0.3) is 0 Å². The van der Waals surface area contributed by atoms with Gasteiger partial charge in [0.1, 0.15) is 5.60 Å². The number of aliphatic hydroxyl groups excluding tert-OH is 1. The van der Waals surface area contributed by atoms with Crippen LogP contribution >= 0.6 is 0 Å². The van der Waals surface area contributed by atoms with Crippen LogP contribution in [0.25, 0.3) is 0 Å². The van der Waals surface area contributed by atoms with Crippen LogP contribution in [0.5, 0.6) is 0 Å². The van der Waals surface area contributed by atoms with Crippen molar-refractivity contribution in [1.29, 1.82) is 0 Å². The van der Waals surface area contributed by atoms with Crippen LogP contribution in [0.15, 0.2) is 30.3 Å². The molecule has 20 heavy (non-hydrogen) atoms. The van der Waals surface area contributed by atoms with Crippen molar-refractivity contribution in [2.45, 2.75) is 45.8 Å². The summed E-state index contributed by atoms with van der Waals surface area (Å²) in [5, 5.41) is 8.86. The van der Waals surface area contributed by atoms with Crippen molar-refractivity contribution >= 4 is 6.09 Å². The number of ether oxygens (including phenoxy) is 1. The van der Waals surface area contributed by atoms with Crippen molar-refractivity contribution in [3.63, 3.8) is 0 Å².